The number of carbonyl (C=O) groups is 1. The minimum atomic E-state index is 0.105. The van der Waals surface area contributed by atoms with Gasteiger partial charge in [0.1, 0.15) is 0 Å². The molecule has 0 N–H and O–H groups in total. The molecule has 2 aromatic rings. The third-order valence-corrected chi connectivity index (χ3v) is 4.26. The van der Waals surface area contributed by atoms with Crippen molar-refractivity contribution in [3.8, 4) is 0 Å². The van der Waals surface area contributed by atoms with E-state index in [1.54, 1.807) is 6.08 Å². The maximum Gasteiger partial charge on any atom is 0.247 e. The fourth-order valence-corrected chi connectivity index (χ4v) is 3.24. The molecule has 112 valence electrons. The van der Waals surface area contributed by atoms with Gasteiger partial charge in [0.25, 0.3) is 0 Å². The monoisotopic (exact) mass is 291 g/mol. The number of fused-ring (bicyclic) bond motifs is 1. The number of hydrogen-bond acceptors (Lipinski definition) is 1. The number of benzene rings is 2. The summed E-state index contributed by atoms with van der Waals surface area (Å²) in [5, 5.41) is 2.50. The van der Waals surface area contributed by atoms with Crippen LogP contribution in [0.3, 0.4) is 0 Å². The number of carbonyl (C=O) groups excluding carboxylic acids is 1. The first-order valence-electron chi connectivity index (χ1n) is 7.89. The predicted molar refractivity (Wildman–Crippen MR) is 91.6 cm³/mol. The molecule has 1 fully saturated rings. The van der Waals surface area contributed by atoms with Gasteiger partial charge in [0.15, 0.2) is 0 Å². The molecule has 0 aromatic heterocycles. The first kappa shape index (κ1) is 14.6. The van der Waals surface area contributed by atoms with Crippen molar-refractivity contribution in [3.05, 3.63) is 72.3 Å². The van der Waals surface area contributed by atoms with E-state index in [0.29, 0.717) is 0 Å². The second kappa shape index (κ2) is 6.61. The minimum Gasteiger partial charge on any atom is -0.332 e. The van der Waals surface area contributed by atoms with E-state index in [4.69, 9.17) is 0 Å². The third kappa shape index (κ3) is 2.82. The third-order valence-electron chi connectivity index (χ3n) is 4.26. The van der Waals surface area contributed by atoms with Gasteiger partial charge in [-0.1, -0.05) is 60.7 Å². The number of amides is 1. The highest BCUT2D eigenvalue weighted by molar-refractivity contribution is 5.90. The van der Waals surface area contributed by atoms with Crippen molar-refractivity contribution < 1.29 is 4.79 Å². The van der Waals surface area contributed by atoms with Crippen molar-refractivity contribution in [2.24, 2.45) is 0 Å². The molecule has 3 rings (SSSR count). The second-order valence-corrected chi connectivity index (χ2v) is 5.64. The first-order chi connectivity index (χ1) is 10.8. The second-order valence-electron chi connectivity index (χ2n) is 5.64. The first-order valence-corrected chi connectivity index (χ1v) is 7.89. The van der Waals surface area contributed by atoms with E-state index in [0.717, 1.165) is 19.4 Å². The summed E-state index contributed by atoms with van der Waals surface area (Å²) >= 11 is 0. The zero-order valence-corrected chi connectivity index (χ0v) is 12.9. The van der Waals surface area contributed by atoms with Crippen LogP contribution in [0.4, 0.5) is 0 Å². The minimum absolute atomic E-state index is 0.105. The Hall–Kier alpha value is -2.35. The highest BCUT2D eigenvalue weighted by Crippen LogP contribution is 2.35. The quantitative estimate of drug-likeness (QED) is 0.596. The Morgan fingerprint density at radius 1 is 1.14 bits per heavy atom. The molecule has 1 atom stereocenters. The van der Waals surface area contributed by atoms with E-state index in [1.807, 2.05) is 30.1 Å². The molecule has 2 nitrogen and oxygen atoms in total. The predicted octanol–water partition coefficient (Wildman–Crippen LogP) is 4.64. The van der Waals surface area contributed by atoms with E-state index in [1.165, 1.54) is 16.3 Å². The summed E-state index contributed by atoms with van der Waals surface area (Å²) in [5.41, 5.74) is 1.27. The molecule has 2 aromatic carbocycles. The van der Waals surface area contributed by atoms with E-state index in [9.17, 15) is 4.79 Å². The van der Waals surface area contributed by atoms with Crippen LogP contribution in [-0.4, -0.2) is 17.4 Å². The fraction of sp³-hybridized carbons (Fsp3) is 0.250. The van der Waals surface area contributed by atoms with Gasteiger partial charge in [0.05, 0.1) is 6.04 Å². The van der Waals surface area contributed by atoms with Crippen molar-refractivity contribution in [1.82, 2.24) is 4.90 Å². The molecule has 0 spiro atoms. The van der Waals surface area contributed by atoms with Crippen LogP contribution >= 0.6 is 0 Å². The van der Waals surface area contributed by atoms with Crippen LogP contribution in [0.25, 0.3) is 10.8 Å². The SMILES string of the molecule is C/C=C/C=C/C(=O)N1CCCC1c1cccc2ccccc12. The highest BCUT2D eigenvalue weighted by atomic mass is 16.2. The lowest BCUT2D eigenvalue weighted by Crippen LogP contribution is -2.29. The Balaban J connectivity index is 1.94. The Bertz CT molecular complexity index is 724. The van der Waals surface area contributed by atoms with Crippen LogP contribution in [0.15, 0.2) is 66.8 Å². The van der Waals surface area contributed by atoms with Gasteiger partial charge in [0.2, 0.25) is 5.91 Å². The number of nitrogens with zero attached hydrogens (tertiary/aromatic N) is 1. The van der Waals surface area contributed by atoms with Crippen LogP contribution < -0.4 is 0 Å². The van der Waals surface area contributed by atoms with E-state index >= 15 is 0 Å². The summed E-state index contributed by atoms with van der Waals surface area (Å²) in [6.07, 6.45) is 9.41. The molecule has 0 radical (unpaired) electrons. The molecule has 2 heteroatoms. The van der Waals surface area contributed by atoms with Crippen molar-refractivity contribution >= 4 is 16.7 Å². The molecule has 0 aliphatic carbocycles. The maximum atomic E-state index is 12.4. The van der Waals surface area contributed by atoms with E-state index < -0.39 is 0 Å². The van der Waals surface area contributed by atoms with Gasteiger partial charge in [-0.05, 0) is 36.1 Å². The van der Waals surface area contributed by atoms with Gasteiger partial charge in [-0.2, -0.15) is 0 Å². The van der Waals surface area contributed by atoms with Crippen LogP contribution in [0.2, 0.25) is 0 Å². The molecule has 1 amide bonds. The fourth-order valence-electron chi connectivity index (χ4n) is 3.24. The zero-order chi connectivity index (χ0) is 15.4. The zero-order valence-electron chi connectivity index (χ0n) is 12.9. The summed E-state index contributed by atoms with van der Waals surface area (Å²) < 4.78 is 0. The average molecular weight is 291 g/mol. The van der Waals surface area contributed by atoms with Gasteiger partial charge < -0.3 is 4.90 Å². The molecular formula is C20H21NO. The van der Waals surface area contributed by atoms with Gasteiger partial charge >= 0.3 is 0 Å². The molecule has 1 unspecified atom stereocenters. The van der Waals surface area contributed by atoms with Crippen LogP contribution in [-0.2, 0) is 4.79 Å². The summed E-state index contributed by atoms with van der Waals surface area (Å²) in [6.45, 7) is 2.79. The van der Waals surface area contributed by atoms with Crippen molar-refractivity contribution in [3.63, 3.8) is 0 Å². The number of allylic oxidation sites excluding steroid dienone is 3. The Morgan fingerprint density at radius 3 is 2.82 bits per heavy atom. The molecule has 0 bridgehead atoms. The Labute approximate surface area is 131 Å². The van der Waals surface area contributed by atoms with Crippen molar-refractivity contribution in [2.45, 2.75) is 25.8 Å². The number of likely N-dealkylation sites (tertiary alicyclic amines) is 1. The standard InChI is InChI=1S/C20H21NO/c1-2-3-4-14-20(22)21-15-8-13-19(21)18-12-7-10-16-9-5-6-11-17(16)18/h2-7,9-12,14,19H,8,13,15H2,1H3/b3-2+,14-4+. The summed E-state index contributed by atoms with van der Waals surface area (Å²) in [6, 6.07) is 15.0. The summed E-state index contributed by atoms with van der Waals surface area (Å²) in [5.74, 6) is 0.105. The largest absolute Gasteiger partial charge is 0.332 e. The lowest BCUT2D eigenvalue weighted by molar-refractivity contribution is -0.126. The van der Waals surface area contributed by atoms with Crippen molar-refractivity contribution in [2.75, 3.05) is 6.54 Å². The maximum absolute atomic E-state index is 12.4. The van der Waals surface area contributed by atoms with Gasteiger partial charge in [-0.3, -0.25) is 4.79 Å². The van der Waals surface area contributed by atoms with Crippen LogP contribution in [0.5, 0.6) is 0 Å². The van der Waals surface area contributed by atoms with Crippen molar-refractivity contribution in [1.29, 1.82) is 0 Å². The Morgan fingerprint density at radius 2 is 1.95 bits per heavy atom. The molecule has 1 saturated heterocycles. The normalized spacial score (nSPS) is 18.8. The van der Waals surface area contributed by atoms with Crippen LogP contribution in [0, 0.1) is 0 Å². The molecule has 0 saturated carbocycles. The van der Waals surface area contributed by atoms with Gasteiger partial charge in [-0.25, -0.2) is 0 Å². The molecular weight excluding hydrogens is 270 g/mol. The number of rotatable bonds is 3. The van der Waals surface area contributed by atoms with Crippen LogP contribution in [0.1, 0.15) is 31.4 Å². The molecule has 22 heavy (non-hydrogen) atoms. The Kier molecular flexibility index (Phi) is 4.38. The van der Waals surface area contributed by atoms with E-state index in [2.05, 4.69) is 42.5 Å². The molecule has 1 heterocycles. The topological polar surface area (TPSA) is 20.3 Å². The summed E-state index contributed by atoms with van der Waals surface area (Å²) in [7, 11) is 0. The average Bonchev–Trinajstić information content (AvgIpc) is 3.04. The smallest absolute Gasteiger partial charge is 0.247 e. The number of hydrogen-bond donors (Lipinski definition) is 0. The molecule has 1 aliphatic heterocycles. The van der Waals surface area contributed by atoms with Gasteiger partial charge in [0, 0.05) is 12.6 Å². The van der Waals surface area contributed by atoms with Gasteiger partial charge in [-0.15, -0.1) is 0 Å². The lowest BCUT2D eigenvalue weighted by atomic mass is 9.97. The summed E-state index contributed by atoms with van der Waals surface area (Å²) in [4.78, 5) is 14.4. The van der Waals surface area contributed by atoms with E-state index in [-0.39, 0.29) is 11.9 Å². The molecule has 1 aliphatic rings. The highest BCUT2D eigenvalue weighted by Gasteiger charge is 2.29. The lowest BCUT2D eigenvalue weighted by Gasteiger charge is -2.25.